The zero-order valence-electron chi connectivity index (χ0n) is 21.4. The number of allylic oxidation sites excluding steroid dienone is 4. The van der Waals surface area contributed by atoms with Crippen LogP contribution in [-0.2, 0) is 16.8 Å². The first-order valence-electron chi connectivity index (χ1n) is 12.7. The molecule has 0 atom stereocenters. The van der Waals surface area contributed by atoms with Crippen molar-refractivity contribution in [3.63, 3.8) is 0 Å². The van der Waals surface area contributed by atoms with Crippen LogP contribution in [0.25, 0.3) is 78.1 Å². The van der Waals surface area contributed by atoms with Gasteiger partial charge in [-0.3, -0.25) is 0 Å². The molecule has 5 heterocycles. The van der Waals surface area contributed by atoms with Crippen molar-refractivity contribution < 1.29 is 16.8 Å². The Morgan fingerprint density at radius 2 is 0.756 bits per heavy atom. The third-order valence-corrected chi connectivity index (χ3v) is 7.10. The number of aromatic nitrogens is 8. The maximum absolute atomic E-state index is 4.93. The van der Waals surface area contributed by atoms with Crippen LogP contribution < -0.4 is 9.97 Å². The number of benzene rings is 3. The van der Waals surface area contributed by atoms with Gasteiger partial charge in [0, 0.05) is 44.9 Å². The number of rotatable bonds is 2. The van der Waals surface area contributed by atoms with Gasteiger partial charge in [0.2, 0.25) is 0 Å². The fraction of sp³-hybridized carbons (Fsp3) is 0. The van der Waals surface area contributed by atoms with E-state index in [0.29, 0.717) is 45.9 Å². The summed E-state index contributed by atoms with van der Waals surface area (Å²) in [5.41, 5.74) is 5.25. The molecule has 8 rings (SSSR count). The maximum Gasteiger partial charge on any atom is 2.00 e. The number of hydrogen-bond acceptors (Lipinski definition) is 6. The summed E-state index contributed by atoms with van der Waals surface area (Å²) in [7, 11) is 0. The molecule has 0 unspecified atom stereocenters. The van der Waals surface area contributed by atoms with Gasteiger partial charge in [0.15, 0.2) is 0 Å². The summed E-state index contributed by atoms with van der Waals surface area (Å²) in [6.45, 7) is 8.01. The predicted octanol–water partition coefficient (Wildman–Crippen LogP) is 6.07. The van der Waals surface area contributed by atoms with Crippen LogP contribution in [0.4, 0.5) is 0 Å². The van der Waals surface area contributed by atoms with E-state index in [4.69, 9.17) is 39.9 Å². The van der Waals surface area contributed by atoms with Crippen LogP contribution in [0.3, 0.4) is 0 Å². The second-order valence-corrected chi connectivity index (χ2v) is 9.36. The van der Waals surface area contributed by atoms with Gasteiger partial charge < -0.3 is 29.9 Å². The van der Waals surface area contributed by atoms with E-state index >= 15 is 0 Å². The van der Waals surface area contributed by atoms with E-state index in [1.807, 2.05) is 72.8 Å². The van der Waals surface area contributed by atoms with E-state index in [-0.39, 0.29) is 16.8 Å². The molecule has 0 N–H and O–H groups in total. The molecule has 195 valence electrons. The van der Waals surface area contributed by atoms with E-state index in [1.54, 1.807) is 12.2 Å². The first-order valence-corrected chi connectivity index (χ1v) is 12.7. The zero-order valence-corrected chi connectivity index (χ0v) is 22.4. The van der Waals surface area contributed by atoms with Gasteiger partial charge in [-0.05, 0) is 21.5 Å². The van der Waals surface area contributed by atoms with Gasteiger partial charge in [-0.2, -0.15) is 0 Å². The second-order valence-electron chi connectivity index (χ2n) is 9.36. The van der Waals surface area contributed by atoms with Crippen molar-refractivity contribution in [3.8, 4) is 22.8 Å². The Morgan fingerprint density at radius 1 is 0.439 bits per heavy atom. The summed E-state index contributed by atoms with van der Waals surface area (Å²) in [4.78, 5) is 38.9. The van der Waals surface area contributed by atoms with E-state index in [1.165, 1.54) is 0 Å². The van der Waals surface area contributed by atoms with Gasteiger partial charge in [0.25, 0.3) is 0 Å². The topological polar surface area (TPSA) is 106 Å². The molecule has 3 aromatic heterocycles. The van der Waals surface area contributed by atoms with Crippen molar-refractivity contribution in [2.24, 2.45) is 0 Å². The van der Waals surface area contributed by atoms with Gasteiger partial charge in [0.05, 0.1) is 23.3 Å². The standard InChI is InChI=1S/C32H18N8.Co/c1-3-17-18(4-2)26-33-25(17)34-27-19-11-5-7-13-21(19)29(36-27)38-31-23-15-9-10-16-24(23)32(40-31)39-30-22-14-8-6-12-20(22)28(35-26)37-30;/h3-16H,1-2H2;/q-2;+2. The largest absolute Gasteiger partial charge is 2.00 e. The summed E-state index contributed by atoms with van der Waals surface area (Å²) in [6, 6.07) is 23.6. The summed E-state index contributed by atoms with van der Waals surface area (Å²) >= 11 is 0. The monoisotopic (exact) mass is 573 g/mol. The molecule has 0 saturated heterocycles. The molecule has 1 radical (unpaired) electrons. The molecule has 0 saturated carbocycles. The third-order valence-electron chi connectivity index (χ3n) is 7.10. The Bertz CT molecular complexity index is 2120. The second kappa shape index (κ2) is 9.44. The molecule has 0 aliphatic carbocycles. The van der Waals surface area contributed by atoms with Gasteiger partial charge in [0.1, 0.15) is 0 Å². The Hall–Kier alpha value is -5.25. The summed E-state index contributed by atoms with van der Waals surface area (Å²) in [5, 5.41) is 3.45. The molecule has 0 amide bonds. The van der Waals surface area contributed by atoms with Crippen molar-refractivity contribution in [2.45, 2.75) is 0 Å². The smallest absolute Gasteiger partial charge is 0.357 e. The summed E-state index contributed by atoms with van der Waals surface area (Å²) < 4.78 is 0. The number of hydrogen-bond donors (Lipinski definition) is 0. The number of fused-ring (bicyclic) bond motifs is 17. The average Bonchev–Trinajstić information content (AvgIpc) is 3.71. The first kappa shape index (κ1) is 24.8. The van der Waals surface area contributed by atoms with Gasteiger partial charge in [-0.15, -0.1) is 0 Å². The molecular weight excluding hydrogens is 555 g/mol. The normalized spacial score (nSPS) is 12.3. The SMILES string of the molecule is C=CC1=C(C=C)c2nc1nc1[n-]c(nc3nc(nc4[n-]c(n2)c2ccccc42)-c2ccccc2-3)c2ccccc12.[Co+2]. The maximum atomic E-state index is 4.93. The molecule has 6 aromatic rings. The van der Waals surface area contributed by atoms with Crippen molar-refractivity contribution >= 4 is 55.3 Å². The quantitative estimate of drug-likeness (QED) is 0.245. The van der Waals surface area contributed by atoms with E-state index in [2.05, 4.69) is 13.2 Å². The number of nitrogens with zero attached hydrogens (tertiary/aromatic N) is 8. The van der Waals surface area contributed by atoms with Crippen molar-refractivity contribution in [1.82, 2.24) is 39.9 Å². The van der Waals surface area contributed by atoms with E-state index in [9.17, 15) is 0 Å². The first-order chi connectivity index (χ1) is 19.7. The van der Waals surface area contributed by atoms with Gasteiger partial charge in [-0.25, -0.2) is 9.97 Å². The Morgan fingerprint density at radius 3 is 1.12 bits per heavy atom. The molecule has 2 aliphatic heterocycles. The van der Waals surface area contributed by atoms with Crippen LogP contribution in [0, 0.1) is 0 Å². The van der Waals surface area contributed by atoms with Crippen LogP contribution >= 0.6 is 0 Å². The predicted molar refractivity (Wildman–Crippen MR) is 157 cm³/mol. The summed E-state index contributed by atoms with van der Waals surface area (Å²) in [6.07, 6.45) is 3.43. The van der Waals surface area contributed by atoms with Crippen LogP contribution in [-0.4, -0.2) is 29.9 Å². The minimum absolute atomic E-state index is 0. The summed E-state index contributed by atoms with van der Waals surface area (Å²) in [5.74, 6) is 1.97. The van der Waals surface area contributed by atoms with Crippen LogP contribution in [0.5, 0.6) is 0 Å². The van der Waals surface area contributed by atoms with Crippen molar-refractivity contribution in [1.29, 1.82) is 0 Å². The molecular formula is C32H18CoN8. The Balaban J connectivity index is 0.00000276. The fourth-order valence-electron chi connectivity index (χ4n) is 5.23. The van der Waals surface area contributed by atoms with Crippen LogP contribution in [0.1, 0.15) is 11.6 Å². The molecule has 8 bridgehead atoms. The molecule has 8 nitrogen and oxygen atoms in total. The van der Waals surface area contributed by atoms with E-state index in [0.717, 1.165) is 43.8 Å². The van der Waals surface area contributed by atoms with Crippen molar-refractivity contribution in [3.05, 3.63) is 110 Å². The minimum atomic E-state index is 0. The molecule has 0 fully saturated rings. The van der Waals surface area contributed by atoms with Gasteiger partial charge in [-0.1, -0.05) is 98.1 Å². The molecule has 41 heavy (non-hydrogen) atoms. The van der Waals surface area contributed by atoms with Crippen LogP contribution in [0.2, 0.25) is 0 Å². The fourth-order valence-corrected chi connectivity index (χ4v) is 5.23. The van der Waals surface area contributed by atoms with Crippen molar-refractivity contribution in [2.75, 3.05) is 0 Å². The zero-order chi connectivity index (χ0) is 26.8. The minimum Gasteiger partial charge on any atom is -0.357 e. The molecule has 0 spiro atoms. The Kier molecular flexibility index (Phi) is 5.70. The van der Waals surface area contributed by atoms with Crippen LogP contribution in [0.15, 0.2) is 98.1 Å². The molecule has 2 aliphatic rings. The Labute approximate surface area is 243 Å². The molecule has 9 heteroatoms. The third kappa shape index (κ3) is 3.74. The average molecular weight is 573 g/mol. The van der Waals surface area contributed by atoms with E-state index < -0.39 is 0 Å². The molecule has 3 aromatic carbocycles. The van der Waals surface area contributed by atoms with Gasteiger partial charge >= 0.3 is 16.8 Å².